The Morgan fingerprint density at radius 2 is 2.26 bits per heavy atom. The van der Waals surface area contributed by atoms with Gasteiger partial charge in [-0.05, 0) is 12.8 Å². The van der Waals surface area contributed by atoms with Gasteiger partial charge in [0.05, 0.1) is 18.9 Å². The van der Waals surface area contributed by atoms with Crippen molar-refractivity contribution < 1.29 is 9.32 Å². The summed E-state index contributed by atoms with van der Waals surface area (Å²) in [4.78, 5) is 20.3. The number of hydrogen-bond acceptors (Lipinski definition) is 5. The van der Waals surface area contributed by atoms with Crippen molar-refractivity contribution in [1.29, 1.82) is 0 Å². The third kappa shape index (κ3) is 2.43. The number of ketones is 1. The Hall–Kier alpha value is -1.98. The van der Waals surface area contributed by atoms with Gasteiger partial charge in [0.15, 0.2) is 0 Å². The molecule has 1 aliphatic rings. The molecule has 1 fully saturated rings. The van der Waals surface area contributed by atoms with E-state index in [9.17, 15) is 4.79 Å². The minimum Gasteiger partial charge on any atom is -0.338 e. The van der Waals surface area contributed by atoms with Crippen LogP contribution in [0.15, 0.2) is 17.0 Å². The Morgan fingerprint density at radius 1 is 1.47 bits per heavy atom. The number of aromatic nitrogens is 4. The highest BCUT2D eigenvalue weighted by atomic mass is 16.5. The van der Waals surface area contributed by atoms with Crippen LogP contribution in [0, 0.1) is 5.92 Å². The monoisotopic (exact) mass is 260 g/mol. The average Bonchev–Trinajstić information content (AvgIpc) is 3.08. The molecule has 0 aliphatic heterocycles. The largest absolute Gasteiger partial charge is 0.338 e. The van der Waals surface area contributed by atoms with E-state index < -0.39 is 0 Å². The molecular formula is C13H16N4O2. The molecule has 0 unspecified atom stereocenters. The van der Waals surface area contributed by atoms with Crippen LogP contribution in [0.5, 0.6) is 0 Å². The van der Waals surface area contributed by atoms with E-state index in [0.29, 0.717) is 11.7 Å². The summed E-state index contributed by atoms with van der Waals surface area (Å²) >= 11 is 0. The highest BCUT2D eigenvalue weighted by Gasteiger charge is 2.24. The van der Waals surface area contributed by atoms with E-state index in [1.165, 1.54) is 0 Å². The highest BCUT2D eigenvalue weighted by Crippen LogP contribution is 2.26. The van der Waals surface area contributed by atoms with Crippen LogP contribution in [-0.2, 0) is 18.3 Å². The first-order valence-corrected chi connectivity index (χ1v) is 6.56. The molecular weight excluding hydrogens is 244 g/mol. The fraction of sp³-hybridized carbons (Fsp3) is 0.538. The lowest BCUT2D eigenvalue weighted by molar-refractivity contribution is -0.122. The maximum Gasteiger partial charge on any atom is 0.234 e. The summed E-state index contributed by atoms with van der Waals surface area (Å²) in [5.74, 6) is 1.28. The van der Waals surface area contributed by atoms with Crippen LogP contribution in [-0.4, -0.2) is 25.5 Å². The molecule has 3 rings (SSSR count). The molecule has 2 aromatic rings. The molecule has 2 heterocycles. The summed E-state index contributed by atoms with van der Waals surface area (Å²) in [6.45, 7) is 0. The number of rotatable bonds is 4. The van der Waals surface area contributed by atoms with E-state index >= 15 is 0 Å². The fourth-order valence-electron chi connectivity index (χ4n) is 2.54. The van der Waals surface area contributed by atoms with Crippen LogP contribution in [0.3, 0.4) is 0 Å². The molecule has 6 nitrogen and oxygen atoms in total. The smallest absolute Gasteiger partial charge is 0.234 e. The topological polar surface area (TPSA) is 73.8 Å². The molecule has 19 heavy (non-hydrogen) atoms. The van der Waals surface area contributed by atoms with E-state index in [-0.39, 0.29) is 18.1 Å². The molecule has 0 spiro atoms. The Labute approximate surface area is 110 Å². The molecule has 100 valence electrons. The van der Waals surface area contributed by atoms with Crippen molar-refractivity contribution in [2.24, 2.45) is 13.0 Å². The minimum atomic E-state index is 0.187. The number of Topliss-reactive ketones (excluding diaryl/α,β-unsaturated/α-hetero) is 1. The van der Waals surface area contributed by atoms with E-state index in [2.05, 4.69) is 15.1 Å². The fourth-order valence-corrected chi connectivity index (χ4v) is 2.54. The number of carbonyl (C=O) groups is 1. The molecule has 1 saturated carbocycles. The Balaban J connectivity index is 1.71. The van der Waals surface area contributed by atoms with Gasteiger partial charge in [-0.15, -0.1) is 0 Å². The lowest BCUT2D eigenvalue weighted by Crippen LogP contribution is -2.13. The number of aryl methyl sites for hydroxylation is 1. The van der Waals surface area contributed by atoms with Crippen LogP contribution in [0.25, 0.3) is 11.5 Å². The van der Waals surface area contributed by atoms with Crippen molar-refractivity contribution in [1.82, 2.24) is 19.7 Å². The summed E-state index contributed by atoms with van der Waals surface area (Å²) in [6, 6.07) is 0. The molecule has 0 radical (unpaired) electrons. The van der Waals surface area contributed by atoms with Gasteiger partial charge in [-0.25, -0.2) is 4.98 Å². The zero-order valence-corrected chi connectivity index (χ0v) is 10.9. The maximum atomic E-state index is 12.0. The molecule has 0 atom stereocenters. The Bertz CT molecular complexity index is 581. The Kier molecular flexibility index (Phi) is 3.15. The first-order valence-electron chi connectivity index (χ1n) is 6.56. The highest BCUT2D eigenvalue weighted by molar-refractivity contribution is 5.82. The lowest BCUT2D eigenvalue weighted by atomic mass is 10.0. The second-order valence-corrected chi connectivity index (χ2v) is 5.03. The lowest BCUT2D eigenvalue weighted by Gasteiger charge is -2.04. The zero-order chi connectivity index (χ0) is 13.2. The number of imidazole rings is 1. The standard InChI is InChI=1S/C13H16N4O2/c1-17-8-14-7-10(17)13-15-12(19-16-13)6-11(18)9-4-2-3-5-9/h7-9H,2-6H2,1H3. The van der Waals surface area contributed by atoms with Crippen molar-refractivity contribution >= 4 is 5.78 Å². The first-order chi connectivity index (χ1) is 9.24. The zero-order valence-electron chi connectivity index (χ0n) is 10.9. The van der Waals surface area contributed by atoms with Crippen molar-refractivity contribution in [3.63, 3.8) is 0 Å². The normalized spacial score (nSPS) is 16.1. The van der Waals surface area contributed by atoms with Crippen LogP contribution < -0.4 is 0 Å². The van der Waals surface area contributed by atoms with Gasteiger partial charge in [0.25, 0.3) is 0 Å². The van der Waals surface area contributed by atoms with Gasteiger partial charge >= 0.3 is 0 Å². The van der Waals surface area contributed by atoms with E-state index in [1.54, 1.807) is 12.5 Å². The van der Waals surface area contributed by atoms with Crippen LogP contribution in [0.1, 0.15) is 31.6 Å². The van der Waals surface area contributed by atoms with Gasteiger partial charge < -0.3 is 9.09 Å². The van der Waals surface area contributed by atoms with E-state index in [0.717, 1.165) is 31.4 Å². The molecule has 6 heteroatoms. The summed E-state index contributed by atoms with van der Waals surface area (Å²) in [7, 11) is 1.86. The number of nitrogens with zero attached hydrogens (tertiary/aromatic N) is 4. The molecule has 0 N–H and O–H groups in total. The number of carbonyl (C=O) groups excluding carboxylic acids is 1. The summed E-state index contributed by atoms with van der Waals surface area (Å²) in [6.07, 6.45) is 7.90. The van der Waals surface area contributed by atoms with Crippen molar-refractivity contribution in [3.05, 3.63) is 18.4 Å². The first kappa shape index (κ1) is 12.1. The van der Waals surface area contributed by atoms with Gasteiger partial charge in [0, 0.05) is 13.0 Å². The maximum absolute atomic E-state index is 12.0. The Morgan fingerprint density at radius 3 is 2.95 bits per heavy atom. The molecule has 0 bridgehead atoms. The van der Waals surface area contributed by atoms with E-state index in [4.69, 9.17) is 4.52 Å². The molecule has 0 aromatic carbocycles. The second-order valence-electron chi connectivity index (χ2n) is 5.03. The third-order valence-corrected chi connectivity index (χ3v) is 3.65. The van der Waals surface area contributed by atoms with Gasteiger partial charge in [-0.1, -0.05) is 18.0 Å². The number of hydrogen-bond donors (Lipinski definition) is 0. The average molecular weight is 260 g/mol. The molecule has 1 aliphatic carbocycles. The SMILES string of the molecule is Cn1cncc1-c1noc(CC(=O)C2CCCC2)n1. The quantitative estimate of drug-likeness (QED) is 0.837. The summed E-state index contributed by atoms with van der Waals surface area (Å²) in [5, 5.41) is 3.90. The van der Waals surface area contributed by atoms with E-state index in [1.807, 2.05) is 11.6 Å². The molecule has 0 amide bonds. The summed E-state index contributed by atoms with van der Waals surface area (Å²) in [5.41, 5.74) is 0.781. The van der Waals surface area contributed by atoms with Crippen molar-refractivity contribution in [2.45, 2.75) is 32.1 Å². The van der Waals surface area contributed by atoms with Crippen molar-refractivity contribution in [2.75, 3.05) is 0 Å². The third-order valence-electron chi connectivity index (χ3n) is 3.65. The van der Waals surface area contributed by atoms with Crippen LogP contribution >= 0.6 is 0 Å². The van der Waals surface area contributed by atoms with Gasteiger partial charge in [0.1, 0.15) is 11.5 Å². The van der Waals surface area contributed by atoms with Crippen LogP contribution in [0.2, 0.25) is 0 Å². The molecule has 2 aromatic heterocycles. The van der Waals surface area contributed by atoms with Gasteiger partial charge in [-0.3, -0.25) is 4.79 Å². The van der Waals surface area contributed by atoms with Crippen molar-refractivity contribution in [3.8, 4) is 11.5 Å². The molecule has 0 saturated heterocycles. The summed E-state index contributed by atoms with van der Waals surface area (Å²) < 4.78 is 6.96. The predicted octanol–water partition coefficient (Wildman–Crippen LogP) is 1.77. The second kappa shape index (κ2) is 4.95. The predicted molar refractivity (Wildman–Crippen MR) is 67.2 cm³/mol. The van der Waals surface area contributed by atoms with Gasteiger partial charge in [-0.2, -0.15) is 4.98 Å². The minimum absolute atomic E-state index is 0.187. The van der Waals surface area contributed by atoms with Crippen LogP contribution in [0.4, 0.5) is 0 Å². The van der Waals surface area contributed by atoms with Gasteiger partial charge in [0.2, 0.25) is 11.7 Å².